The fourth-order valence-electron chi connectivity index (χ4n) is 3.21. The lowest BCUT2D eigenvalue weighted by molar-refractivity contribution is -0.153. The number of anilines is 1. The molecule has 6 heteroatoms. The van der Waals surface area contributed by atoms with E-state index in [9.17, 15) is 9.59 Å². The SMILES string of the molecule is C[C@@H](OC(=O)Cc1ccc(Cl)cc1Cl)C(=O)N1c2ccccc2C[C@@H]1C. The Balaban J connectivity index is 1.67. The van der Waals surface area contributed by atoms with Crippen LogP contribution in [-0.2, 0) is 27.2 Å². The number of hydrogen-bond donors (Lipinski definition) is 0. The van der Waals surface area contributed by atoms with Gasteiger partial charge in [0.1, 0.15) is 0 Å². The van der Waals surface area contributed by atoms with E-state index in [1.54, 1.807) is 30.0 Å². The van der Waals surface area contributed by atoms with Crippen molar-refractivity contribution >= 4 is 40.8 Å². The Morgan fingerprint density at radius 1 is 1.23 bits per heavy atom. The highest BCUT2D eigenvalue weighted by atomic mass is 35.5. The number of fused-ring (bicyclic) bond motifs is 1. The summed E-state index contributed by atoms with van der Waals surface area (Å²) in [5.41, 5.74) is 2.62. The average molecular weight is 392 g/mol. The molecule has 1 amide bonds. The topological polar surface area (TPSA) is 46.6 Å². The molecule has 1 aliphatic heterocycles. The first-order valence-electron chi connectivity index (χ1n) is 8.41. The van der Waals surface area contributed by atoms with Crippen molar-refractivity contribution in [2.45, 2.75) is 38.8 Å². The minimum atomic E-state index is -0.873. The monoisotopic (exact) mass is 391 g/mol. The van der Waals surface area contributed by atoms with Crippen LogP contribution in [0.25, 0.3) is 0 Å². The molecule has 0 radical (unpaired) electrons. The first-order valence-corrected chi connectivity index (χ1v) is 9.17. The molecule has 0 fully saturated rings. The van der Waals surface area contributed by atoms with Crippen molar-refractivity contribution in [2.24, 2.45) is 0 Å². The van der Waals surface area contributed by atoms with Crippen LogP contribution in [0.3, 0.4) is 0 Å². The number of hydrogen-bond acceptors (Lipinski definition) is 3. The molecule has 26 heavy (non-hydrogen) atoms. The molecule has 136 valence electrons. The van der Waals surface area contributed by atoms with Crippen molar-refractivity contribution in [2.75, 3.05) is 4.90 Å². The first kappa shape index (κ1) is 18.7. The molecule has 1 heterocycles. The van der Waals surface area contributed by atoms with Gasteiger partial charge in [0.05, 0.1) is 6.42 Å². The predicted octanol–water partition coefficient (Wildman–Crippen LogP) is 4.45. The molecule has 0 aromatic heterocycles. The van der Waals surface area contributed by atoms with Gasteiger partial charge in [-0.25, -0.2) is 0 Å². The standard InChI is InChI=1S/C20H19Cl2NO3/c1-12-9-15-5-3-4-6-18(15)23(12)20(25)13(2)26-19(24)10-14-7-8-16(21)11-17(14)22/h3-8,11-13H,9-10H2,1-2H3/t12-,13+/m0/s1. The van der Waals surface area contributed by atoms with Gasteiger partial charge in [-0.3, -0.25) is 9.59 Å². The van der Waals surface area contributed by atoms with E-state index in [-0.39, 0.29) is 18.4 Å². The van der Waals surface area contributed by atoms with E-state index < -0.39 is 12.1 Å². The van der Waals surface area contributed by atoms with Gasteiger partial charge in [0, 0.05) is 21.8 Å². The zero-order valence-corrected chi connectivity index (χ0v) is 16.1. The molecular formula is C20H19Cl2NO3. The minimum Gasteiger partial charge on any atom is -0.452 e. The maximum Gasteiger partial charge on any atom is 0.311 e. The molecule has 0 saturated heterocycles. The van der Waals surface area contributed by atoms with Gasteiger partial charge in [-0.15, -0.1) is 0 Å². The van der Waals surface area contributed by atoms with E-state index in [0.717, 1.165) is 17.7 Å². The lowest BCUT2D eigenvalue weighted by atomic mass is 10.1. The molecule has 3 rings (SSSR count). The molecule has 0 saturated carbocycles. The van der Waals surface area contributed by atoms with E-state index in [0.29, 0.717) is 15.6 Å². The second kappa shape index (κ2) is 7.68. The molecule has 4 nitrogen and oxygen atoms in total. The van der Waals surface area contributed by atoms with Crippen LogP contribution in [0.4, 0.5) is 5.69 Å². The molecular weight excluding hydrogens is 373 g/mol. The van der Waals surface area contributed by atoms with Gasteiger partial charge in [0.15, 0.2) is 6.10 Å². The van der Waals surface area contributed by atoms with E-state index in [4.69, 9.17) is 27.9 Å². The smallest absolute Gasteiger partial charge is 0.311 e. The van der Waals surface area contributed by atoms with Crippen molar-refractivity contribution in [3.63, 3.8) is 0 Å². The van der Waals surface area contributed by atoms with E-state index in [1.165, 1.54) is 0 Å². The number of rotatable bonds is 4. The summed E-state index contributed by atoms with van der Waals surface area (Å²) in [5, 5.41) is 0.896. The predicted molar refractivity (Wildman–Crippen MR) is 103 cm³/mol. The molecule has 0 N–H and O–H groups in total. The Labute approximate surface area is 162 Å². The van der Waals surface area contributed by atoms with Gasteiger partial charge in [0.2, 0.25) is 0 Å². The Kier molecular flexibility index (Phi) is 5.54. The van der Waals surface area contributed by atoms with Gasteiger partial charge < -0.3 is 9.64 Å². The number of para-hydroxylation sites is 1. The second-order valence-electron chi connectivity index (χ2n) is 6.43. The molecule has 2 aromatic rings. The number of carbonyl (C=O) groups excluding carboxylic acids is 2. The summed E-state index contributed by atoms with van der Waals surface area (Å²) in [4.78, 5) is 26.8. The van der Waals surface area contributed by atoms with Crippen LogP contribution in [0, 0.1) is 0 Å². The van der Waals surface area contributed by atoms with Gasteiger partial charge in [0.25, 0.3) is 5.91 Å². The number of esters is 1. The zero-order valence-electron chi connectivity index (χ0n) is 14.5. The van der Waals surface area contributed by atoms with E-state index in [2.05, 4.69) is 0 Å². The Bertz CT molecular complexity index is 853. The van der Waals surface area contributed by atoms with Crippen molar-refractivity contribution in [3.05, 3.63) is 63.6 Å². The summed E-state index contributed by atoms with van der Waals surface area (Å²) < 4.78 is 5.36. The Hall–Kier alpha value is -2.04. The lowest BCUT2D eigenvalue weighted by Crippen LogP contribution is -2.43. The number of carbonyl (C=O) groups is 2. The summed E-state index contributed by atoms with van der Waals surface area (Å²) in [7, 11) is 0. The number of benzene rings is 2. The number of amides is 1. The molecule has 2 atom stereocenters. The number of nitrogens with zero attached hydrogens (tertiary/aromatic N) is 1. The average Bonchev–Trinajstić information content (AvgIpc) is 2.92. The summed E-state index contributed by atoms with van der Waals surface area (Å²) in [5.74, 6) is -0.729. The van der Waals surface area contributed by atoms with Crippen molar-refractivity contribution in [3.8, 4) is 0 Å². The van der Waals surface area contributed by atoms with Crippen molar-refractivity contribution in [1.29, 1.82) is 0 Å². The van der Waals surface area contributed by atoms with Gasteiger partial charge in [-0.2, -0.15) is 0 Å². The summed E-state index contributed by atoms with van der Waals surface area (Å²) in [6.07, 6.45) is -0.0925. The highest BCUT2D eigenvalue weighted by Gasteiger charge is 2.34. The summed E-state index contributed by atoms with van der Waals surface area (Å²) in [6.45, 7) is 3.58. The Morgan fingerprint density at radius 3 is 2.69 bits per heavy atom. The molecule has 0 bridgehead atoms. The van der Waals surface area contributed by atoms with Gasteiger partial charge in [-0.1, -0.05) is 47.5 Å². The Morgan fingerprint density at radius 2 is 1.96 bits per heavy atom. The van der Waals surface area contributed by atoms with Crippen LogP contribution in [0.1, 0.15) is 25.0 Å². The highest BCUT2D eigenvalue weighted by Crippen LogP contribution is 2.32. The largest absolute Gasteiger partial charge is 0.452 e. The summed E-state index contributed by atoms with van der Waals surface area (Å²) in [6, 6.07) is 12.7. The van der Waals surface area contributed by atoms with Crippen LogP contribution >= 0.6 is 23.2 Å². The number of ether oxygens (including phenoxy) is 1. The minimum absolute atomic E-state index is 0.0141. The van der Waals surface area contributed by atoms with E-state index >= 15 is 0 Å². The molecule has 0 spiro atoms. The van der Waals surface area contributed by atoms with Gasteiger partial charge >= 0.3 is 5.97 Å². The van der Waals surface area contributed by atoms with Crippen molar-refractivity contribution < 1.29 is 14.3 Å². The third kappa shape index (κ3) is 3.87. The quantitative estimate of drug-likeness (QED) is 0.723. The first-order chi connectivity index (χ1) is 12.4. The zero-order chi connectivity index (χ0) is 18.8. The van der Waals surface area contributed by atoms with Crippen LogP contribution in [0.5, 0.6) is 0 Å². The fraction of sp³-hybridized carbons (Fsp3) is 0.300. The maximum absolute atomic E-state index is 12.8. The number of halogens is 2. The van der Waals surface area contributed by atoms with E-state index in [1.807, 2.05) is 31.2 Å². The molecule has 0 aliphatic carbocycles. The molecule has 2 aromatic carbocycles. The molecule has 1 aliphatic rings. The third-order valence-corrected chi connectivity index (χ3v) is 5.04. The third-order valence-electron chi connectivity index (χ3n) is 4.45. The van der Waals surface area contributed by atoms with Crippen LogP contribution < -0.4 is 4.90 Å². The second-order valence-corrected chi connectivity index (χ2v) is 7.28. The normalized spacial score (nSPS) is 16.9. The maximum atomic E-state index is 12.8. The van der Waals surface area contributed by atoms with Crippen LogP contribution in [-0.4, -0.2) is 24.0 Å². The summed E-state index contributed by atoms with van der Waals surface area (Å²) >= 11 is 11.9. The lowest BCUT2D eigenvalue weighted by Gasteiger charge is -2.26. The van der Waals surface area contributed by atoms with Crippen LogP contribution in [0.2, 0.25) is 10.0 Å². The van der Waals surface area contributed by atoms with Crippen LogP contribution in [0.15, 0.2) is 42.5 Å². The highest BCUT2D eigenvalue weighted by molar-refractivity contribution is 6.35. The van der Waals surface area contributed by atoms with Gasteiger partial charge in [-0.05, 0) is 49.6 Å². The van der Waals surface area contributed by atoms with Crippen molar-refractivity contribution in [1.82, 2.24) is 0 Å². The fourth-order valence-corrected chi connectivity index (χ4v) is 3.68. The molecule has 0 unspecified atom stereocenters.